The van der Waals surface area contributed by atoms with Gasteiger partial charge in [-0.2, -0.15) is 4.98 Å². The van der Waals surface area contributed by atoms with Crippen LogP contribution in [0.1, 0.15) is 50.6 Å². The molecular weight excluding hydrogens is 1010 g/mol. The van der Waals surface area contributed by atoms with Gasteiger partial charge in [-0.3, -0.25) is 14.4 Å². The van der Waals surface area contributed by atoms with Crippen LogP contribution in [0, 0.1) is 24.4 Å². The summed E-state index contributed by atoms with van der Waals surface area (Å²) >= 11 is 3.33. The molecule has 370 valence electrons. The van der Waals surface area contributed by atoms with Crippen LogP contribution in [0.15, 0.2) is 107 Å². The molecule has 0 saturated heterocycles. The Bertz CT molecular complexity index is 3130. The number of nitrogens with zero attached hydrogens (tertiary/aromatic N) is 6. The number of anilines is 6. The van der Waals surface area contributed by atoms with Gasteiger partial charge in [-0.25, -0.2) is 41.3 Å². The predicted molar refractivity (Wildman–Crippen MR) is 266 cm³/mol. The Labute approximate surface area is 415 Å². The monoisotopic (exact) mass is 1060 g/mol. The summed E-state index contributed by atoms with van der Waals surface area (Å²) in [5, 5.41) is 8.46. The minimum atomic E-state index is -3.90. The fraction of sp³-hybridized carbons (Fsp3) is 0.229. The van der Waals surface area contributed by atoms with Crippen LogP contribution in [0.25, 0.3) is 11.3 Å². The quantitative estimate of drug-likeness (QED) is 0.0396. The molecule has 0 bridgehead atoms. The third-order valence-corrected chi connectivity index (χ3v) is 13.2. The van der Waals surface area contributed by atoms with E-state index in [0.29, 0.717) is 34.7 Å². The first-order chi connectivity index (χ1) is 33.9. The van der Waals surface area contributed by atoms with Crippen LogP contribution in [-0.2, 0) is 14.8 Å². The molecular formula is C48H48BrF3N12O6S. The Morgan fingerprint density at radius 1 is 0.930 bits per heavy atom. The van der Waals surface area contributed by atoms with E-state index in [1.54, 1.807) is 33.2 Å². The van der Waals surface area contributed by atoms with Gasteiger partial charge in [0.2, 0.25) is 21.9 Å². The average molecular weight is 1060 g/mol. The number of carbonyl (C=O) groups is 3. The number of amides is 3. The summed E-state index contributed by atoms with van der Waals surface area (Å²) in [6.45, 7) is 2.39. The standard InChI is InChI=1S/C48H48BrF3N12O6S/c1-27-34(23-30(50)24-39(27)61-47(67)33-16-11-29(22-37(33)52)28-9-10-28)42-43(44(53)57-26-56-42)70-21-20-64(3)40(65)8-5-18-63(2)19-17-58-71(68,69)32-14-12-31(13-15-32)59-48-55-25-35(49)46(62-48)60-38-7-4-6-36(51)41(38)45(54)66/h4-8,11-16,22-26,28,58H,9-10,17-21H2,1-3H3,(H2,54,66)(H,61,67)(H2,53,56,57)(H2,55,59,60,62)/b8-5+. The molecule has 71 heavy (non-hydrogen) atoms. The number of nitrogens with one attached hydrogen (secondary N) is 4. The van der Waals surface area contributed by atoms with E-state index in [1.165, 1.54) is 78.1 Å². The topological polar surface area (TPSA) is 253 Å². The van der Waals surface area contributed by atoms with E-state index in [4.69, 9.17) is 16.2 Å². The van der Waals surface area contributed by atoms with E-state index in [2.05, 4.69) is 56.5 Å². The van der Waals surface area contributed by atoms with Crippen molar-refractivity contribution in [1.29, 1.82) is 0 Å². The number of likely N-dealkylation sites (N-methyl/N-ethyl adjacent to an activating group) is 2. The van der Waals surface area contributed by atoms with Gasteiger partial charge in [0.25, 0.3) is 11.8 Å². The Balaban J connectivity index is 0.862. The molecule has 1 aliphatic rings. The molecule has 8 N–H and O–H groups in total. The highest BCUT2D eigenvalue weighted by atomic mass is 79.9. The molecule has 0 aliphatic heterocycles. The molecule has 6 aromatic rings. The first-order valence-corrected chi connectivity index (χ1v) is 24.2. The molecule has 23 heteroatoms. The summed E-state index contributed by atoms with van der Waals surface area (Å²) in [5.74, 6) is -3.61. The maximum atomic E-state index is 15.1. The molecule has 1 saturated carbocycles. The van der Waals surface area contributed by atoms with E-state index >= 15 is 4.39 Å². The van der Waals surface area contributed by atoms with Gasteiger partial charge in [0, 0.05) is 55.9 Å². The van der Waals surface area contributed by atoms with Crippen molar-refractivity contribution in [3.63, 3.8) is 0 Å². The van der Waals surface area contributed by atoms with Gasteiger partial charge >= 0.3 is 0 Å². The molecule has 7 rings (SSSR count). The number of hydrogen-bond donors (Lipinski definition) is 6. The molecule has 0 unspecified atom stereocenters. The molecule has 18 nitrogen and oxygen atoms in total. The van der Waals surface area contributed by atoms with Crippen LogP contribution in [0.5, 0.6) is 5.75 Å². The van der Waals surface area contributed by atoms with Crippen molar-refractivity contribution in [1.82, 2.24) is 34.5 Å². The summed E-state index contributed by atoms with van der Waals surface area (Å²) in [7, 11) is -0.568. The molecule has 1 aliphatic carbocycles. The Hall–Kier alpha value is -7.47. The van der Waals surface area contributed by atoms with E-state index in [9.17, 15) is 31.6 Å². The zero-order valence-corrected chi connectivity index (χ0v) is 40.9. The van der Waals surface area contributed by atoms with Crippen molar-refractivity contribution in [3.05, 3.63) is 142 Å². The molecule has 0 spiro atoms. The first kappa shape index (κ1) is 51.4. The molecule has 2 aromatic heterocycles. The van der Waals surface area contributed by atoms with Crippen LogP contribution in [0.2, 0.25) is 0 Å². The van der Waals surface area contributed by atoms with Gasteiger partial charge in [-0.05, 0) is 120 Å². The van der Waals surface area contributed by atoms with Gasteiger partial charge in [0.1, 0.15) is 41.9 Å². The summed E-state index contributed by atoms with van der Waals surface area (Å²) in [6, 6.07) is 16.7. The van der Waals surface area contributed by atoms with Gasteiger partial charge in [-0.1, -0.05) is 18.2 Å². The minimum Gasteiger partial charge on any atom is -0.486 e. The van der Waals surface area contributed by atoms with E-state index in [1.807, 2.05) is 4.90 Å². The lowest BCUT2D eigenvalue weighted by Crippen LogP contribution is -2.33. The van der Waals surface area contributed by atoms with Gasteiger partial charge in [-0.15, -0.1) is 0 Å². The van der Waals surface area contributed by atoms with E-state index < -0.39 is 39.3 Å². The van der Waals surface area contributed by atoms with Gasteiger partial charge in [0.05, 0.1) is 32.7 Å². The second-order valence-corrected chi connectivity index (χ2v) is 19.0. The third kappa shape index (κ3) is 13.0. The fourth-order valence-corrected chi connectivity index (χ4v) is 8.43. The Morgan fingerprint density at radius 2 is 1.69 bits per heavy atom. The highest BCUT2D eigenvalue weighted by Gasteiger charge is 2.26. The van der Waals surface area contributed by atoms with Crippen LogP contribution in [0.4, 0.5) is 47.8 Å². The second kappa shape index (κ2) is 22.5. The number of primary amides is 1. The molecule has 3 amide bonds. The Kier molecular flexibility index (Phi) is 16.3. The van der Waals surface area contributed by atoms with Crippen LogP contribution in [0.3, 0.4) is 0 Å². The second-order valence-electron chi connectivity index (χ2n) is 16.4. The van der Waals surface area contributed by atoms with Crippen molar-refractivity contribution >= 4 is 78.3 Å². The number of ether oxygens (including phenoxy) is 1. The summed E-state index contributed by atoms with van der Waals surface area (Å²) in [6.07, 6.45) is 7.58. The number of aromatic nitrogens is 4. The van der Waals surface area contributed by atoms with Crippen molar-refractivity contribution < 1.29 is 40.7 Å². The normalized spacial score (nSPS) is 12.5. The van der Waals surface area contributed by atoms with E-state index in [-0.39, 0.29) is 87.6 Å². The zero-order valence-electron chi connectivity index (χ0n) is 38.5. The lowest BCUT2D eigenvalue weighted by molar-refractivity contribution is -0.125. The highest BCUT2D eigenvalue weighted by Crippen LogP contribution is 2.41. The number of carbonyl (C=O) groups excluding carboxylic acids is 3. The number of nitrogen functional groups attached to an aromatic ring is 1. The molecule has 4 aromatic carbocycles. The van der Waals surface area contributed by atoms with Crippen molar-refractivity contribution in [2.75, 3.05) is 68.6 Å². The van der Waals surface area contributed by atoms with Crippen LogP contribution in [-0.4, -0.2) is 103 Å². The highest BCUT2D eigenvalue weighted by molar-refractivity contribution is 9.10. The number of rotatable bonds is 21. The number of benzene rings is 4. The minimum absolute atomic E-state index is 0.00854. The van der Waals surface area contributed by atoms with Crippen LogP contribution >= 0.6 is 15.9 Å². The predicted octanol–water partition coefficient (Wildman–Crippen LogP) is 7.02. The maximum Gasteiger partial charge on any atom is 0.258 e. The largest absolute Gasteiger partial charge is 0.486 e. The average Bonchev–Trinajstić information content (AvgIpc) is 4.18. The number of hydrogen-bond acceptors (Lipinski definition) is 14. The van der Waals surface area contributed by atoms with Crippen LogP contribution < -0.4 is 36.9 Å². The summed E-state index contributed by atoms with van der Waals surface area (Å²) < 4.78 is 79.4. The zero-order chi connectivity index (χ0) is 51.0. The Morgan fingerprint density at radius 3 is 2.41 bits per heavy atom. The maximum absolute atomic E-state index is 15.1. The first-order valence-electron chi connectivity index (χ1n) is 21.9. The smallest absolute Gasteiger partial charge is 0.258 e. The summed E-state index contributed by atoms with van der Waals surface area (Å²) in [4.78, 5) is 58.0. The van der Waals surface area contributed by atoms with Crippen molar-refractivity contribution in [2.45, 2.75) is 30.6 Å². The van der Waals surface area contributed by atoms with Gasteiger partial charge in [0.15, 0.2) is 11.6 Å². The number of halogens is 4. The SMILES string of the molecule is Cc1c(NC(=O)c2ccc(C3CC3)cc2F)cc(F)cc1-c1ncnc(N)c1OCCN(C)C(=O)/C=C/CN(C)CCNS(=O)(=O)c1ccc(Nc2ncc(Br)c(Nc3cccc(F)c3C(N)=O)n2)cc1. The number of sulfonamides is 1. The molecule has 0 radical (unpaired) electrons. The molecule has 1 fully saturated rings. The van der Waals surface area contributed by atoms with Gasteiger partial charge < -0.3 is 42.0 Å². The fourth-order valence-electron chi connectivity index (χ4n) is 7.12. The lowest BCUT2D eigenvalue weighted by atomic mass is 10.0. The lowest BCUT2D eigenvalue weighted by Gasteiger charge is -2.19. The third-order valence-electron chi connectivity index (χ3n) is 11.2. The van der Waals surface area contributed by atoms with E-state index in [0.717, 1.165) is 30.5 Å². The van der Waals surface area contributed by atoms with Crippen molar-refractivity contribution in [2.24, 2.45) is 5.73 Å². The van der Waals surface area contributed by atoms with Crippen molar-refractivity contribution in [3.8, 4) is 17.0 Å². The molecule has 0 atom stereocenters. The number of nitrogens with two attached hydrogens (primary N) is 2. The summed E-state index contributed by atoms with van der Waals surface area (Å²) in [5.41, 5.74) is 13.3. The molecule has 2 heterocycles.